The molecule has 0 saturated heterocycles. The zero-order valence-electron chi connectivity index (χ0n) is 9.50. The van der Waals surface area contributed by atoms with Crippen LogP contribution in [0.4, 0.5) is 5.69 Å². The first kappa shape index (κ1) is 11.2. The highest BCUT2D eigenvalue weighted by Crippen LogP contribution is 2.28. The van der Waals surface area contributed by atoms with Crippen molar-refractivity contribution in [3.63, 3.8) is 0 Å². The Kier molecular flexibility index (Phi) is 3.30. The van der Waals surface area contributed by atoms with Crippen molar-refractivity contribution < 1.29 is 0 Å². The van der Waals surface area contributed by atoms with Gasteiger partial charge < -0.3 is 5.32 Å². The predicted molar refractivity (Wildman–Crippen MR) is 70.1 cm³/mol. The maximum Gasteiger partial charge on any atom is 0.0948 e. The van der Waals surface area contributed by atoms with Gasteiger partial charge in [-0.1, -0.05) is 18.5 Å². The van der Waals surface area contributed by atoms with Crippen LogP contribution in [-0.2, 0) is 0 Å². The van der Waals surface area contributed by atoms with E-state index in [1.807, 2.05) is 24.3 Å². The highest BCUT2D eigenvalue weighted by atomic mass is 35.5. The normalized spacial score (nSPS) is 12.7. The number of pyridine rings is 1. The van der Waals surface area contributed by atoms with Crippen LogP contribution in [0.15, 0.2) is 30.5 Å². The van der Waals surface area contributed by atoms with Gasteiger partial charge in [-0.25, -0.2) is 0 Å². The number of nitrogens with one attached hydrogen (secondary N) is 1. The van der Waals surface area contributed by atoms with E-state index in [1.54, 1.807) is 6.20 Å². The lowest BCUT2D eigenvalue weighted by atomic mass is 10.1. The van der Waals surface area contributed by atoms with Gasteiger partial charge in [0.15, 0.2) is 0 Å². The van der Waals surface area contributed by atoms with E-state index in [2.05, 4.69) is 24.1 Å². The Morgan fingerprint density at radius 2 is 2.19 bits per heavy atom. The summed E-state index contributed by atoms with van der Waals surface area (Å²) in [6.07, 6.45) is 2.87. The molecule has 1 N–H and O–H groups in total. The third-order valence-corrected chi connectivity index (χ3v) is 3.06. The number of hydrogen-bond acceptors (Lipinski definition) is 2. The van der Waals surface area contributed by atoms with Crippen LogP contribution in [0.1, 0.15) is 20.3 Å². The van der Waals surface area contributed by atoms with Crippen molar-refractivity contribution in [2.24, 2.45) is 0 Å². The van der Waals surface area contributed by atoms with Crippen LogP contribution >= 0.6 is 11.6 Å². The van der Waals surface area contributed by atoms with Crippen molar-refractivity contribution in [2.45, 2.75) is 26.3 Å². The fourth-order valence-corrected chi connectivity index (χ4v) is 1.84. The van der Waals surface area contributed by atoms with Crippen molar-refractivity contribution in [3.05, 3.63) is 35.5 Å². The van der Waals surface area contributed by atoms with Gasteiger partial charge in [0.25, 0.3) is 0 Å². The lowest BCUT2D eigenvalue weighted by molar-refractivity contribution is 0.765. The van der Waals surface area contributed by atoms with Crippen LogP contribution < -0.4 is 5.32 Å². The molecule has 0 aliphatic heterocycles. The van der Waals surface area contributed by atoms with Crippen LogP contribution in [0.25, 0.3) is 10.9 Å². The Hall–Kier alpha value is -1.28. The lowest BCUT2D eigenvalue weighted by Crippen LogP contribution is -2.13. The molecule has 3 heteroatoms. The molecule has 0 fully saturated rings. The Morgan fingerprint density at radius 3 is 2.94 bits per heavy atom. The molecule has 1 unspecified atom stereocenters. The molecule has 2 aromatic rings. The van der Waals surface area contributed by atoms with E-state index in [1.165, 1.54) is 0 Å². The first-order chi connectivity index (χ1) is 7.72. The third-order valence-electron chi connectivity index (χ3n) is 2.73. The summed E-state index contributed by atoms with van der Waals surface area (Å²) in [5, 5.41) is 5.19. The molecule has 1 aromatic carbocycles. The maximum atomic E-state index is 6.13. The van der Waals surface area contributed by atoms with E-state index in [-0.39, 0.29) is 0 Å². The Bertz CT molecular complexity index is 496. The second kappa shape index (κ2) is 4.71. The molecule has 84 valence electrons. The number of benzene rings is 1. The van der Waals surface area contributed by atoms with E-state index in [9.17, 15) is 0 Å². The molecule has 0 saturated carbocycles. The molecule has 0 spiro atoms. The van der Waals surface area contributed by atoms with Gasteiger partial charge in [0.2, 0.25) is 0 Å². The van der Waals surface area contributed by atoms with Gasteiger partial charge in [0, 0.05) is 17.6 Å². The minimum atomic E-state index is 0.436. The van der Waals surface area contributed by atoms with E-state index < -0.39 is 0 Å². The first-order valence-corrected chi connectivity index (χ1v) is 5.90. The predicted octanol–water partition coefficient (Wildman–Crippen LogP) is 4.10. The van der Waals surface area contributed by atoms with E-state index in [4.69, 9.17) is 11.6 Å². The molecule has 1 heterocycles. The fourth-order valence-electron chi connectivity index (χ4n) is 1.62. The zero-order chi connectivity index (χ0) is 11.5. The standard InChI is InChI=1S/C13H15ClN2/c1-3-9(2)16-12-7-6-11(14)10-5-4-8-15-13(10)12/h4-9,16H,3H2,1-2H3. The summed E-state index contributed by atoms with van der Waals surface area (Å²) < 4.78 is 0. The molecule has 16 heavy (non-hydrogen) atoms. The molecule has 1 atom stereocenters. The molecule has 2 nitrogen and oxygen atoms in total. The first-order valence-electron chi connectivity index (χ1n) is 5.52. The molecular formula is C13H15ClN2. The highest BCUT2D eigenvalue weighted by molar-refractivity contribution is 6.35. The number of fused-ring (bicyclic) bond motifs is 1. The van der Waals surface area contributed by atoms with Crippen LogP contribution in [-0.4, -0.2) is 11.0 Å². The van der Waals surface area contributed by atoms with Crippen molar-refractivity contribution in [1.29, 1.82) is 0 Å². The second-order valence-electron chi connectivity index (χ2n) is 3.95. The zero-order valence-corrected chi connectivity index (χ0v) is 10.3. The summed E-state index contributed by atoms with van der Waals surface area (Å²) in [7, 11) is 0. The minimum absolute atomic E-state index is 0.436. The largest absolute Gasteiger partial charge is 0.381 e. The van der Waals surface area contributed by atoms with Crippen molar-refractivity contribution in [2.75, 3.05) is 5.32 Å². The number of hydrogen-bond donors (Lipinski definition) is 1. The number of rotatable bonds is 3. The third kappa shape index (κ3) is 2.12. The molecule has 1 aromatic heterocycles. The topological polar surface area (TPSA) is 24.9 Å². The van der Waals surface area contributed by atoms with Gasteiger partial charge in [-0.05, 0) is 37.6 Å². The molecular weight excluding hydrogens is 220 g/mol. The SMILES string of the molecule is CCC(C)Nc1ccc(Cl)c2cccnc12. The molecule has 0 bridgehead atoms. The van der Waals surface area contributed by atoms with Gasteiger partial charge in [-0.3, -0.25) is 4.98 Å². The van der Waals surface area contributed by atoms with Crippen molar-refractivity contribution in [1.82, 2.24) is 4.98 Å². The minimum Gasteiger partial charge on any atom is -0.381 e. The molecule has 0 aliphatic carbocycles. The monoisotopic (exact) mass is 234 g/mol. The van der Waals surface area contributed by atoms with Gasteiger partial charge in [0.05, 0.1) is 16.2 Å². The highest BCUT2D eigenvalue weighted by Gasteiger charge is 2.06. The number of aromatic nitrogens is 1. The van der Waals surface area contributed by atoms with Crippen LogP contribution in [0.2, 0.25) is 5.02 Å². The van der Waals surface area contributed by atoms with Crippen LogP contribution in [0.5, 0.6) is 0 Å². The molecule has 0 aliphatic rings. The fraction of sp³-hybridized carbons (Fsp3) is 0.308. The van der Waals surface area contributed by atoms with Crippen molar-refractivity contribution in [3.8, 4) is 0 Å². The average Bonchev–Trinajstić information content (AvgIpc) is 2.33. The van der Waals surface area contributed by atoms with Crippen molar-refractivity contribution >= 4 is 28.2 Å². The number of halogens is 1. The van der Waals surface area contributed by atoms with Gasteiger partial charge >= 0.3 is 0 Å². The van der Waals surface area contributed by atoms with E-state index in [0.29, 0.717) is 6.04 Å². The molecule has 2 rings (SSSR count). The summed E-state index contributed by atoms with van der Waals surface area (Å²) in [6, 6.07) is 8.24. The summed E-state index contributed by atoms with van der Waals surface area (Å²) >= 11 is 6.13. The van der Waals surface area contributed by atoms with Crippen LogP contribution in [0.3, 0.4) is 0 Å². The summed E-state index contributed by atoms with van der Waals surface area (Å²) in [6.45, 7) is 4.31. The quantitative estimate of drug-likeness (QED) is 0.865. The molecule has 0 amide bonds. The Balaban J connectivity index is 2.50. The summed E-state index contributed by atoms with van der Waals surface area (Å²) in [4.78, 5) is 4.38. The lowest BCUT2D eigenvalue weighted by Gasteiger charge is -2.14. The summed E-state index contributed by atoms with van der Waals surface area (Å²) in [5.74, 6) is 0. The van der Waals surface area contributed by atoms with Gasteiger partial charge in [-0.15, -0.1) is 0 Å². The Labute approximate surface area is 101 Å². The number of anilines is 1. The Morgan fingerprint density at radius 1 is 1.38 bits per heavy atom. The molecule has 0 radical (unpaired) electrons. The second-order valence-corrected chi connectivity index (χ2v) is 4.36. The smallest absolute Gasteiger partial charge is 0.0948 e. The van der Waals surface area contributed by atoms with E-state index >= 15 is 0 Å². The maximum absolute atomic E-state index is 6.13. The van der Waals surface area contributed by atoms with Crippen LogP contribution in [0, 0.1) is 0 Å². The number of nitrogens with zero attached hydrogens (tertiary/aromatic N) is 1. The average molecular weight is 235 g/mol. The van der Waals surface area contributed by atoms with Gasteiger partial charge in [0.1, 0.15) is 0 Å². The van der Waals surface area contributed by atoms with E-state index in [0.717, 1.165) is 28.0 Å². The van der Waals surface area contributed by atoms with Gasteiger partial charge in [-0.2, -0.15) is 0 Å². The summed E-state index contributed by atoms with van der Waals surface area (Å²) in [5.41, 5.74) is 1.99.